The van der Waals surface area contributed by atoms with Crippen LogP contribution in [0.3, 0.4) is 0 Å². The maximum atomic E-state index is 12.8. The average Bonchev–Trinajstić information content (AvgIpc) is 3.03. The van der Waals surface area contributed by atoms with Crippen molar-refractivity contribution in [3.8, 4) is 17.2 Å². The molecule has 32 heavy (non-hydrogen) atoms. The van der Waals surface area contributed by atoms with E-state index in [1.807, 2.05) is 45.0 Å². The van der Waals surface area contributed by atoms with Crippen LogP contribution in [-0.4, -0.2) is 42.4 Å². The van der Waals surface area contributed by atoms with Crippen LogP contribution in [0.2, 0.25) is 0 Å². The van der Waals surface area contributed by atoms with Gasteiger partial charge in [-0.05, 0) is 73.5 Å². The summed E-state index contributed by atoms with van der Waals surface area (Å²) in [6.07, 6.45) is 3.35. The molecule has 2 amide bonds. The highest BCUT2D eigenvalue weighted by atomic mass is 32.2. The Morgan fingerprint density at radius 1 is 1.00 bits per heavy atom. The molecule has 0 unspecified atom stereocenters. The maximum absolute atomic E-state index is 12.8. The molecule has 0 atom stereocenters. The molecule has 1 fully saturated rings. The molecule has 0 spiro atoms. The van der Waals surface area contributed by atoms with E-state index in [-0.39, 0.29) is 24.3 Å². The van der Waals surface area contributed by atoms with E-state index in [4.69, 9.17) is 14.2 Å². The third kappa shape index (κ3) is 5.73. The predicted octanol–water partition coefficient (Wildman–Crippen LogP) is 5.38. The number of nitrogens with zero attached hydrogens (tertiary/aromatic N) is 1. The van der Waals surface area contributed by atoms with E-state index >= 15 is 0 Å². The lowest BCUT2D eigenvalue weighted by atomic mass is 10.1. The summed E-state index contributed by atoms with van der Waals surface area (Å²) in [6.45, 7) is 10.7. The Morgan fingerprint density at radius 3 is 2.56 bits per heavy atom. The molecule has 1 saturated heterocycles. The number of benzene rings is 2. The van der Waals surface area contributed by atoms with Crippen molar-refractivity contribution in [3.05, 3.63) is 70.6 Å². The molecule has 0 radical (unpaired) electrons. The van der Waals surface area contributed by atoms with Crippen LogP contribution in [0.25, 0.3) is 6.08 Å². The van der Waals surface area contributed by atoms with Crippen molar-refractivity contribution in [3.63, 3.8) is 0 Å². The first-order valence-corrected chi connectivity index (χ1v) is 11.2. The smallest absolute Gasteiger partial charge is 0.293 e. The fraction of sp³-hybridized carbons (Fsp3) is 0.280. The molecule has 0 bridgehead atoms. The van der Waals surface area contributed by atoms with E-state index < -0.39 is 0 Å². The van der Waals surface area contributed by atoms with Crippen molar-refractivity contribution in [1.29, 1.82) is 0 Å². The highest BCUT2D eigenvalue weighted by Gasteiger charge is 2.34. The average molecular weight is 454 g/mol. The molecule has 1 aliphatic rings. The SMILES string of the molecule is C=CCOc1ccc(/C=C2\SC(=O)N(CCOc3cc(C)ccc3C)C2=O)cc1OCC. The third-order valence-corrected chi connectivity index (χ3v) is 5.62. The Kier molecular flexibility index (Phi) is 8.00. The minimum absolute atomic E-state index is 0.188. The first-order chi connectivity index (χ1) is 15.4. The van der Waals surface area contributed by atoms with Crippen LogP contribution >= 0.6 is 11.8 Å². The second-order valence-corrected chi connectivity index (χ2v) is 8.18. The van der Waals surface area contributed by atoms with Crippen LogP contribution in [-0.2, 0) is 4.79 Å². The van der Waals surface area contributed by atoms with Crippen molar-refractivity contribution < 1.29 is 23.8 Å². The molecular formula is C25H27NO5S. The third-order valence-electron chi connectivity index (χ3n) is 4.71. The van der Waals surface area contributed by atoms with Gasteiger partial charge in [0, 0.05) is 0 Å². The summed E-state index contributed by atoms with van der Waals surface area (Å²) in [5.41, 5.74) is 2.85. The van der Waals surface area contributed by atoms with E-state index in [0.717, 1.165) is 34.2 Å². The second kappa shape index (κ2) is 10.9. The fourth-order valence-corrected chi connectivity index (χ4v) is 3.97. The number of amides is 2. The van der Waals surface area contributed by atoms with Crippen molar-refractivity contribution in [1.82, 2.24) is 4.90 Å². The van der Waals surface area contributed by atoms with Gasteiger partial charge in [-0.15, -0.1) is 0 Å². The summed E-state index contributed by atoms with van der Waals surface area (Å²) in [4.78, 5) is 26.8. The van der Waals surface area contributed by atoms with E-state index in [0.29, 0.717) is 29.6 Å². The molecule has 1 heterocycles. The molecule has 6 nitrogen and oxygen atoms in total. The van der Waals surface area contributed by atoms with E-state index in [1.165, 1.54) is 4.90 Å². The van der Waals surface area contributed by atoms with Gasteiger partial charge < -0.3 is 14.2 Å². The Balaban J connectivity index is 1.68. The predicted molar refractivity (Wildman–Crippen MR) is 127 cm³/mol. The first kappa shape index (κ1) is 23.5. The van der Waals surface area contributed by atoms with Gasteiger partial charge in [-0.25, -0.2) is 0 Å². The van der Waals surface area contributed by atoms with Gasteiger partial charge in [-0.2, -0.15) is 0 Å². The minimum atomic E-state index is -0.325. The standard InChI is InChI=1S/C25H27NO5S/c1-5-12-30-20-10-9-19(15-22(20)29-6-2)16-23-24(27)26(25(28)32-23)11-13-31-21-14-17(3)7-8-18(21)4/h5,7-10,14-16H,1,6,11-13H2,2-4H3/b23-16-. The van der Waals surface area contributed by atoms with Gasteiger partial charge in [0.05, 0.1) is 18.1 Å². The van der Waals surface area contributed by atoms with Crippen LogP contribution in [0, 0.1) is 13.8 Å². The zero-order chi connectivity index (χ0) is 23.1. The van der Waals surface area contributed by atoms with E-state index in [1.54, 1.807) is 24.3 Å². The fourth-order valence-electron chi connectivity index (χ4n) is 3.10. The molecule has 0 aliphatic carbocycles. The quantitative estimate of drug-likeness (QED) is 0.355. The molecule has 0 N–H and O–H groups in total. The molecule has 3 rings (SSSR count). The van der Waals surface area contributed by atoms with Crippen molar-refractivity contribution in [2.75, 3.05) is 26.4 Å². The Bertz CT molecular complexity index is 1050. The minimum Gasteiger partial charge on any atom is -0.491 e. The van der Waals surface area contributed by atoms with Crippen molar-refractivity contribution in [2.24, 2.45) is 0 Å². The first-order valence-electron chi connectivity index (χ1n) is 10.4. The lowest BCUT2D eigenvalue weighted by Gasteiger charge is -2.14. The Hall–Kier alpha value is -3.19. The number of hydrogen-bond acceptors (Lipinski definition) is 6. The molecular weight excluding hydrogens is 426 g/mol. The largest absolute Gasteiger partial charge is 0.491 e. The molecule has 1 aliphatic heterocycles. The van der Waals surface area contributed by atoms with E-state index in [9.17, 15) is 9.59 Å². The van der Waals surface area contributed by atoms with Crippen LogP contribution in [0.1, 0.15) is 23.6 Å². The van der Waals surface area contributed by atoms with Gasteiger partial charge in [0.2, 0.25) is 0 Å². The number of carbonyl (C=O) groups is 2. The number of aryl methyl sites for hydroxylation is 2. The van der Waals surface area contributed by atoms with Gasteiger partial charge in [-0.1, -0.05) is 30.9 Å². The van der Waals surface area contributed by atoms with Crippen molar-refractivity contribution >= 4 is 29.0 Å². The second-order valence-electron chi connectivity index (χ2n) is 7.19. The molecule has 2 aromatic rings. The molecule has 0 saturated carbocycles. The monoisotopic (exact) mass is 453 g/mol. The molecule has 7 heteroatoms. The number of rotatable bonds is 10. The van der Waals surface area contributed by atoms with Gasteiger partial charge in [0.1, 0.15) is 19.0 Å². The van der Waals surface area contributed by atoms with Gasteiger partial charge in [0.25, 0.3) is 11.1 Å². The maximum Gasteiger partial charge on any atom is 0.293 e. The molecule has 0 aromatic heterocycles. The van der Waals surface area contributed by atoms with Gasteiger partial charge in [0.15, 0.2) is 11.5 Å². The summed E-state index contributed by atoms with van der Waals surface area (Å²) in [6, 6.07) is 11.3. The molecule has 168 valence electrons. The summed E-state index contributed by atoms with van der Waals surface area (Å²) in [5.74, 6) is 1.61. The lowest BCUT2D eigenvalue weighted by molar-refractivity contribution is -0.123. The lowest BCUT2D eigenvalue weighted by Crippen LogP contribution is -2.32. The Labute approximate surface area is 192 Å². The topological polar surface area (TPSA) is 65.1 Å². The van der Waals surface area contributed by atoms with Crippen LogP contribution in [0.15, 0.2) is 54.0 Å². The normalized spacial score (nSPS) is 14.7. The highest BCUT2D eigenvalue weighted by molar-refractivity contribution is 8.18. The number of carbonyl (C=O) groups excluding carboxylic acids is 2. The highest BCUT2D eigenvalue weighted by Crippen LogP contribution is 2.34. The number of imide groups is 1. The molecule has 2 aromatic carbocycles. The summed E-state index contributed by atoms with van der Waals surface area (Å²) in [5, 5.41) is -0.304. The van der Waals surface area contributed by atoms with Crippen LogP contribution in [0.5, 0.6) is 17.2 Å². The number of thioether (sulfide) groups is 1. The van der Waals surface area contributed by atoms with Crippen LogP contribution < -0.4 is 14.2 Å². The van der Waals surface area contributed by atoms with Crippen molar-refractivity contribution in [2.45, 2.75) is 20.8 Å². The van der Waals surface area contributed by atoms with Crippen LogP contribution in [0.4, 0.5) is 4.79 Å². The summed E-state index contributed by atoms with van der Waals surface area (Å²) in [7, 11) is 0. The van der Waals surface area contributed by atoms with E-state index in [2.05, 4.69) is 6.58 Å². The van der Waals surface area contributed by atoms with Gasteiger partial charge in [-0.3, -0.25) is 14.5 Å². The number of ether oxygens (including phenoxy) is 3. The number of hydrogen-bond donors (Lipinski definition) is 0. The summed E-state index contributed by atoms with van der Waals surface area (Å²) < 4.78 is 17.1. The zero-order valence-corrected chi connectivity index (χ0v) is 19.4. The summed E-state index contributed by atoms with van der Waals surface area (Å²) >= 11 is 0.923. The Morgan fingerprint density at radius 2 is 1.81 bits per heavy atom. The van der Waals surface area contributed by atoms with Gasteiger partial charge >= 0.3 is 0 Å². The zero-order valence-electron chi connectivity index (χ0n) is 18.6.